The van der Waals surface area contributed by atoms with Gasteiger partial charge in [0.1, 0.15) is 6.54 Å². The summed E-state index contributed by atoms with van der Waals surface area (Å²) >= 11 is 0. The number of carbonyl (C=O) groups is 3. The van der Waals surface area contributed by atoms with Gasteiger partial charge in [0.15, 0.2) is 0 Å². The molecule has 0 aromatic carbocycles. The number of likely N-dealkylation sites (tertiary alicyclic amines) is 1. The van der Waals surface area contributed by atoms with E-state index in [4.69, 9.17) is 0 Å². The van der Waals surface area contributed by atoms with Crippen molar-refractivity contribution in [2.24, 2.45) is 5.92 Å². The van der Waals surface area contributed by atoms with Crippen LogP contribution < -0.4 is 10.6 Å². The second-order valence-corrected chi connectivity index (χ2v) is 6.67. The third kappa shape index (κ3) is 4.08. The van der Waals surface area contributed by atoms with Crippen LogP contribution in [0, 0.1) is 5.92 Å². The first-order chi connectivity index (χ1) is 10.7. The largest absolute Gasteiger partial charge is 0.358 e. The smallest absolute Gasteiger partial charge is 0.241 e. The molecule has 8 nitrogen and oxygen atoms in total. The fraction of sp³-hybridized carbons (Fsp3) is 0.600. The molecule has 1 aromatic heterocycles. The Morgan fingerprint density at radius 2 is 2.09 bits per heavy atom. The number of likely N-dealkylation sites (N-methyl/N-ethyl adjacent to an activating group) is 1. The molecule has 1 atom stereocenters. The van der Waals surface area contributed by atoms with Crippen LogP contribution in [0.3, 0.4) is 0 Å². The molecule has 8 heteroatoms. The number of nitrogens with one attached hydrogen (secondary N) is 2. The average Bonchev–Trinajstić information content (AvgIpc) is 3.04. The first-order valence-corrected chi connectivity index (χ1v) is 7.55. The maximum Gasteiger partial charge on any atom is 0.241 e. The maximum atomic E-state index is 12.3. The van der Waals surface area contributed by atoms with Crippen molar-refractivity contribution >= 4 is 23.4 Å². The number of rotatable bonds is 4. The van der Waals surface area contributed by atoms with Gasteiger partial charge >= 0.3 is 0 Å². The first-order valence-electron chi connectivity index (χ1n) is 7.55. The molecule has 126 valence electrons. The molecule has 0 saturated carbocycles. The standard InChI is InChI=1S/C15H23N5O3/c1-15(2,3)20-7-10(5-13(20)22)14(23)18-11-6-17-19(8-11)9-12(21)16-4/h6,8,10H,5,7,9H2,1-4H3,(H,16,21)(H,18,23). The molecule has 3 amide bonds. The summed E-state index contributed by atoms with van der Waals surface area (Å²) < 4.78 is 1.44. The van der Waals surface area contributed by atoms with Crippen LogP contribution in [0.4, 0.5) is 5.69 Å². The van der Waals surface area contributed by atoms with Crippen LogP contribution in [0.1, 0.15) is 27.2 Å². The first kappa shape index (κ1) is 17.0. The van der Waals surface area contributed by atoms with Crippen LogP contribution in [0.5, 0.6) is 0 Å². The molecule has 0 radical (unpaired) electrons. The van der Waals surface area contributed by atoms with Crippen LogP contribution in [0.25, 0.3) is 0 Å². The van der Waals surface area contributed by atoms with E-state index in [1.54, 1.807) is 18.1 Å². The highest BCUT2D eigenvalue weighted by Gasteiger charge is 2.39. The summed E-state index contributed by atoms with van der Waals surface area (Å²) in [6.45, 7) is 6.36. The van der Waals surface area contributed by atoms with Crippen LogP contribution in [-0.2, 0) is 20.9 Å². The molecule has 0 bridgehead atoms. The molecule has 0 spiro atoms. The third-order valence-electron chi connectivity index (χ3n) is 3.79. The molecule has 2 rings (SSSR count). The zero-order chi connectivity index (χ0) is 17.2. The maximum absolute atomic E-state index is 12.3. The van der Waals surface area contributed by atoms with Gasteiger partial charge in [-0.2, -0.15) is 5.10 Å². The van der Waals surface area contributed by atoms with Gasteiger partial charge in [0.25, 0.3) is 0 Å². The highest BCUT2D eigenvalue weighted by Crippen LogP contribution is 2.26. The lowest BCUT2D eigenvalue weighted by Crippen LogP contribution is -2.42. The fourth-order valence-corrected chi connectivity index (χ4v) is 2.52. The van der Waals surface area contributed by atoms with Gasteiger partial charge in [-0.25, -0.2) is 0 Å². The van der Waals surface area contributed by atoms with Crippen LogP contribution in [0.2, 0.25) is 0 Å². The number of aromatic nitrogens is 2. The number of hydrogen-bond donors (Lipinski definition) is 2. The minimum absolute atomic E-state index is 0.00652. The highest BCUT2D eigenvalue weighted by molar-refractivity contribution is 5.97. The van der Waals surface area contributed by atoms with Crippen molar-refractivity contribution in [2.75, 3.05) is 18.9 Å². The van der Waals surface area contributed by atoms with E-state index in [1.807, 2.05) is 20.8 Å². The minimum Gasteiger partial charge on any atom is -0.358 e. The average molecular weight is 321 g/mol. The summed E-state index contributed by atoms with van der Waals surface area (Å²) in [4.78, 5) is 37.4. The van der Waals surface area contributed by atoms with Crippen molar-refractivity contribution in [3.05, 3.63) is 12.4 Å². The summed E-state index contributed by atoms with van der Waals surface area (Å²) in [6, 6.07) is 0. The Labute approximate surface area is 135 Å². The zero-order valence-corrected chi connectivity index (χ0v) is 13.9. The monoisotopic (exact) mass is 321 g/mol. The summed E-state index contributed by atoms with van der Waals surface area (Å²) in [7, 11) is 1.55. The van der Waals surface area contributed by atoms with Gasteiger partial charge < -0.3 is 15.5 Å². The lowest BCUT2D eigenvalue weighted by molar-refractivity contribution is -0.131. The van der Waals surface area contributed by atoms with Gasteiger partial charge in [-0.05, 0) is 20.8 Å². The molecule has 2 N–H and O–H groups in total. The van der Waals surface area contributed by atoms with E-state index in [0.717, 1.165) is 0 Å². The fourth-order valence-electron chi connectivity index (χ4n) is 2.52. The minimum atomic E-state index is -0.371. The van der Waals surface area contributed by atoms with Gasteiger partial charge in [0, 0.05) is 31.7 Å². The summed E-state index contributed by atoms with van der Waals surface area (Å²) in [6.07, 6.45) is 3.29. The van der Waals surface area contributed by atoms with E-state index < -0.39 is 0 Å². The molecule has 1 unspecified atom stereocenters. The van der Waals surface area contributed by atoms with Crippen LogP contribution >= 0.6 is 0 Å². The lowest BCUT2D eigenvalue weighted by Gasteiger charge is -2.31. The van der Waals surface area contributed by atoms with Crippen LogP contribution in [-0.4, -0.2) is 51.5 Å². The Bertz CT molecular complexity index is 617. The Balaban J connectivity index is 1.95. The Morgan fingerprint density at radius 1 is 1.39 bits per heavy atom. The number of hydrogen-bond acceptors (Lipinski definition) is 4. The van der Waals surface area contributed by atoms with Crippen molar-refractivity contribution in [2.45, 2.75) is 39.3 Å². The molecule has 2 heterocycles. The second-order valence-electron chi connectivity index (χ2n) is 6.67. The molecule has 1 saturated heterocycles. The van der Waals surface area contributed by atoms with Gasteiger partial charge in [-0.15, -0.1) is 0 Å². The lowest BCUT2D eigenvalue weighted by atomic mass is 10.1. The number of nitrogens with zero attached hydrogens (tertiary/aromatic N) is 3. The molecule has 1 aliphatic heterocycles. The van der Waals surface area contributed by atoms with Gasteiger partial charge in [-0.3, -0.25) is 19.1 Å². The van der Waals surface area contributed by atoms with Gasteiger partial charge in [0.05, 0.1) is 17.8 Å². The second kappa shape index (κ2) is 6.39. The summed E-state index contributed by atoms with van der Waals surface area (Å²) in [5.41, 5.74) is 0.227. The van der Waals surface area contributed by atoms with Crippen molar-refractivity contribution in [3.63, 3.8) is 0 Å². The van der Waals surface area contributed by atoms with Crippen molar-refractivity contribution in [1.82, 2.24) is 20.0 Å². The van der Waals surface area contributed by atoms with E-state index in [-0.39, 0.29) is 42.1 Å². The summed E-state index contributed by atoms with van der Waals surface area (Å²) in [5.74, 6) is -0.755. The van der Waals surface area contributed by atoms with Crippen molar-refractivity contribution < 1.29 is 14.4 Å². The van der Waals surface area contributed by atoms with Crippen molar-refractivity contribution in [3.8, 4) is 0 Å². The quantitative estimate of drug-likeness (QED) is 0.829. The SMILES string of the molecule is CNC(=O)Cn1cc(NC(=O)C2CC(=O)N(C(C)(C)C)C2)cn1. The molecule has 0 aliphatic carbocycles. The van der Waals surface area contributed by atoms with Gasteiger partial charge in [0.2, 0.25) is 17.7 Å². The third-order valence-corrected chi connectivity index (χ3v) is 3.79. The van der Waals surface area contributed by atoms with E-state index in [0.29, 0.717) is 12.2 Å². The normalized spacial score (nSPS) is 18.2. The molecular weight excluding hydrogens is 298 g/mol. The topological polar surface area (TPSA) is 96.3 Å². The molecule has 1 fully saturated rings. The molecule has 1 aromatic rings. The molecular formula is C15H23N5O3. The molecule has 23 heavy (non-hydrogen) atoms. The Kier molecular flexibility index (Phi) is 4.72. The summed E-state index contributed by atoms with van der Waals surface area (Å²) in [5, 5.41) is 9.27. The number of anilines is 1. The van der Waals surface area contributed by atoms with E-state index >= 15 is 0 Å². The molecule has 1 aliphatic rings. The van der Waals surface area contributed by atoms with Gasteiger partial charge in [-0.1, -0.05) is 0 Å². The predicted molar refractivity (Wildman–Crippen MR) is 84.5 cm³/mol. The number of amides is 3. The Morgan fingerprint density at radius 3 is 2.65 bits per heavy atom. The Hall–Kier alpha value is -2.38. The van der Waals surface area contributed by atoms with Crippen molar-refractivity contribution in [1.29, 1.82) is 0 Å². The zero-order valence-electron chi connectivity index (χ0n) is 13.9. The van der Waals surface area contributed by atoms with E-state index in [1.165, 1.54) is 10.9 Å². The van der Waals surface area contributed by atoms with E-state index in [2.05, 4.69) is 15.7 Å². The van der Waals surface area contributed by atoms with E-state index in [9.17, 15) is 14.4 Å². The van der Waals surface area contributed by atoms with Crippen LogP contribution in [0.15, 0.2) is 12.4 Å². The highest BCUT2D eigenvalue weighted by atomic mass is 16.2. The number of carbonyl (C=O) groups excluding carboxylic acids is 3. The predicted octanol–water partition coefficient (Wildman–Crippen LogP) is 0.215.